The number of nitrogens with one attached hydrogen (secondary N) is 3. The summed E-state index contributed by atoms with van der Waals surface area (Å²) in [6.45, 7) is 2.36. The van der Waals surface area contributed by atoms with Gasteiger partial charge >= 0.3 is 0 Å². The lowest BCUT2D eigenvalue weighted by molar-refractivity contribution is -0.104. The molecule has 2 fully saturated rings. The third-order valence-corrected chi connectivity index (χ3v) is 5.84. The van der Waals surface area contributed by atoms with Crippen molar-refractivity contribution >= 4 is 29.5 Å². The van der Waals surface area contributed by atoms with Crippen molar-refractivity contribution in [3.63, 3.8) is 0 Å². The molecule has 0 spiro atoms. The topological polar surface area (TPSA) is 104 Å². The van der Waals surface area contributed by atoms with Gasteiger partial charge in [0, 0.05) is 33.3 Å². The molecule has 0 atom stereocenters. The number of aldehydes is 1. The van der Waals surface area contributed by atoms with Gasteiger partial charge in [-0.3, -0.25) is 9.59 Å². The molecule has 0 aliphatic heterocycles. The summed E-state index contributed by atoms with van der Waals surface area (Å²) < 4.78 is 1.56. The lowest BCUT2D eigenvalue weighted by atomic mass is 9.91. The fourth-order valence-corrected chi connectivity index (χ4v) is 3.74. The van der Waals surface area contributed by atoms with Gasteiger partial charge in [0.05, 0.1) is 11.9 Å². The Labute approximate surface area is 201 Å². The number of carbonyl (C=O) groups excluding carboxylic acids is 2. The Bertz CT molecular complexity index is 1030. The van der Waals surface area contributed by atoms with Crippen molar-refractivity contribution in [1.29, 1.82) is 0 Å². The minimum Gasteiger partial charge on any atom is -0.383 e. The summed E-state index contributed by atoms with van der Waals surface area (Å²) in [5.41, 5.74) is 1.15. The zero-order chi connectivity index (χ0) is 24.5. The van der Waals surface area contributed by atoms with Crippen LogP contribution in [0.2, 0.25) is 0 Å². The minimum atomic E-state index is -0.195. The van der Waals surface area contributed by atoms with Crippen molar-refractivity contribution in [3.8, 4) is 0 Å². The van der Waals surface area contributed by atoms with Gasteiger partial charge in [-0.2, -0.15) is 9.61 Å². The van der Waals surface area contributed by atoms with Crippen LogP contribution in [0.25, 0.3) is 5.65 Å². The molecule has 2 aliphatic carbocycles. The van der Waals surface area contributed by atoms with Gasteiger partial charge < -0.3 is 20.9 Å². The van der Waals surface area contributed by atoms with Crippen LogP contribution < -0.4 is 16.0 Å². The summed E-state index contributed by atoms with van der Waals surface area (Å²) in [6.07, 6.45) is 16.9. The summed E-state index contributed by atoms with van der Waals surface area (Å²) in [6, 6.07) is 1.96. The molecule has 0 bridgehead atoms. The summed E-state index contributed by atoms with van der Waals surface area (Å²) in [4.78, 5) is 30.1. The van der Waals surface area contributed by atoms with Gasteiger partial charge in [0.25, 0.3) is 5.91 Å². The largest absolute Gasteiger partial charge is 0.383 e. The van der Waals surface area contributed by atoms with E-state index < -0.39 is 0 Å². The van der Waals surface area contributed by atoms with Crippen LogP contribution in [0.5, 0.6) is 0 Å². The Morgan fingerprint density at radius 1 is 1.18 bits per heavy atom. The van der Waals surface area contributed by atoms with Gasteiger partial charge in [-0.05, 0) is 37.1 Å². The molecule has 1 amide bonds. The van der Waals surface area contributed by atoms with E-state index in [1.807, 2.05) is 25.2 Å². The van der Waals surface area contributed by atoms with Crippen molar-refractivity contribution in [3.05, 3.63) is 41.9 Å². The van der Waals surface area contributed by atoms with Crippen LogP contribution >= 0.6 is 0 Å². The average molecular weight is 468 g/mol. The number of hydrogen-bond acceptors (Lipinski definition) is 7. The normalized spacial score (nSPS) is 16.6. The molecule has 2 aliphatic rings. The Morgan fingerprint density at radius 3 is 2.47 bits per heavy atom. The van der Waals surface area contributed by atoms with E-state index in [-0.39, 0.29) is 11.9 Å². The second-order valence-electron chi connectivity index (χ2n) is 9.23. The summed E-state index contributed by atoms with van der Waals surface area (Å²) in [5.74, 6) is 1.92. The Balaban J connectivity index is 0.000000396. The number of carbonyl (C=O) groups is 2. The van der Waals surface area contributed by atoms with E-state index in [4.69, 9.17) is 0 Å². The first-order valence-corrected chi connectivity index (χ1v) is 12.1. The maximum atomic E-state index is 12.4. The minimum absolute atomic E-state index is 0.195. The first-order valence-electron chi connectivity index (χ1n) is 12.1. The number of amides is 1. The van der Waals surface area contributed by atoms with Crippen LogP contribution in [-0.4, -0.2) is 58.9 Å². The van der Waals surface area contributed by atoms with Crippen LogP contribution in [0.3, 0.4) is 0 Å². The average Bonchev–Trinajstić information content (AvgIpc) is 3.53. The zero-order valence-corrected chi connectivity index (χ0v) is 20.7. The lowest BCUT2D eigenvalue weighted by Gasteiger charge is -2.15. The molecule has 0 aromatic carbocycles. The van der Waals surface area contributed by atoms with Crippen molar-refractivity contribution in [1.82, 2.24) is 24.8 Å². The first kappa shape index (κ1) is 25.3. The first-order chi connectivity index (χ1) is 16.4. The monoisotopic (exact) mass is 467 g/mol. The van der Waals surface area contributed by atoms with Crippen LogP contribution in [0.15, 0.2) is 36.3 Å². The highest BCUT2D eigenvalue weighted by atomic mass is 16.1. The van der Waals surface area contributed by atoms with Crippen LogP contribution in [0.1, 0.15) is 62.2 Å². The Morgan fingerprint density at radius 2 is 1.91 bits per heavy atom. The van der Waals surface area contributed by atoms with E-state index in [2.05, 4.69) is 33.0 Å². The quantitative estimate of drug-likeness (QED) is 0.308. The number of aromatic nitrogens is 3. The molecule has 2 heterocycles. The molecule has 184 valence electrons. The van der Waals surface area contributed by atoms with Crippen LogP contribution in [0.4, 0.5) is 11.6 Å². The van der Waals surface area contributed by atoms with Crippen molar-refractivity contribution in [2.45, 2.75) is 57.9 Å². The number of rotatable bonds is 8. The highest BCUT2D eigenvalue weighted by Gasteiger charge is 2.26. The molecule has 34 heavy (non-hydrogen) atoms. The van der Waals surface area contributed by atoms with E-state index in [0.29, 0.717) is 34.8 Å². The fraction of sp³-hybridized carbons (Fsp3) is 0.520. The Hall–Kier alpha value is -3.36. The van der Waals surface area contributed by atoms with E-state index in [1.165, 1.54) is 38.3 Å². The maximum Gasteiger partial charge on any atom is 0.256 e. The molecule has 9 heteroatoms. The Kier molecular flexibility index (Phi) is 9.07. The van der Waals surface area contributed by atoms with E-state index >= 15 is 0 Å². The molecule has 0 radical (unpaired) electrons. The van der Waals surface area contributed by atoms with Crippen LogP contribution in [-0.2, 0) is 4.79 Å². The van der Waals surface area contributed by atoms with Gasteiger partial charge in [-0.1, -0.05) is 39.0 Å². The van der Waals surface area contributed by atoms with Crippen molar-refractivity contribution in [2.75, 3.05) is 31.8 Å². The number of allylic oxidation sites excluding steroid dienone is 3. The summed E-state index contributed by atoms with van der Waals surface area (Å²) in [5, 5.41) is 13.2. The molecular formula is C25H37N7O2. The molecule has 2 aromatic rings. The van der Waals surface area contributed by atoms with E-state index in [1.54, 1.807) is 29.8 Å². The molecule has 0 saturated heterocycles. The van der Waals surface area contributed by atoms with Crippen molar-refractivity contribution < 1.29 is 9.59 Å². The highest BCUT2D eigenvalue weighted by molar-refractivity contribution is 6.00. The van der Waals surface area contributed by atoms with E-state index in [9.17, 15) is 9.59 Å². The third kappa shape index (κ3) is 7.33. The van der Waals surface area contributed by atoms with Gasteiger partial charge in [-0.15, -0.1) is 0 Å². The number of hydrogen-bond donors (Lipinski definition) is 3. The van der Waals surface area contributed by atoms with Gasteiger partial charge in [-0.25, -0.2) is 4.98 Å². The number of anilines is 2. The van der Waals surface area contributed by atoms with E-state index in [0.717, 1.165) is 18.8 Å². The maximum absolute atomic E-state index is 12.4. The summed E-state index contributed by atoms with van der Waals surface area (Å²) >= 11 is 0. The SMILES string of the molecule is CC1CCCCC1.CNc1cc(N/C(C=O)=C/C=C\N(C)C)nc2c(C(=O)NC3CC3)cnn12. The van der Waals surface area contributed by atoms with Gasteiger partial charge in [0.1, 0.15) is 17.2 Å². The van der Waals surface area contributed by atoms with Gasteiger partial charge in [0.15, 0.2) is 11.9 Å². The van der Waals surface area contributed by atoms with Crippen LogP contribution in [0, 0.1) is 5.92 Å². The van der Waals surface area contributed by atoms with Crippen molar-refractivity contribution in [2.24, 2.45) is 5.92 Å². The summed E-state index contributed by atoms with van der Waals surface area (Å²) in [7, 11) is 5.53. The highest BCUT2D eigenvalue weighted by Crippen LogP contribution is 2.23. The second-order valence-corrected chi connectivity index (χ2v) is 9.23. The number of fused-ring (bicyclic) bond motifs is 1. The predicted molar refractivity (Wildman–Crippen MR) is 136 cm³/mol. The molecular weight excluding hydrogens is 430 g/mol. The smallest absolute Gasteiger partial charge is 0.256 e. The second kappa shape index (κ2) is 12.2. The standard InChI is InChI=1S/C18H23N7O2.C7H14/c1-19-16-9-15(21-13(11-26)5-4-8-24(2)3)23-17-14(10-20-25(16)17)18(27)22-12-6-7-12;1-7-5-3-2-4-6-7/h4-5,8-12,19H,6-7H2,1-3H3,(H,21,23)(H,22,27);7H,2-6H2,1H3/b8-4-,13-5+;. The molecule has 2 aromatic heterocycles. The van der Waals surface area contributed by atoms with Gasteiger partial charge in [0.2, 0.25) is 0 Å². The molecule has 0 unspecified atom stereocenters. The third-order valence-electron chi connectivity index (χ3n) is 5.84. The lowest BCUT2D eigenvalue weighted by Crippen LogP contribution is -2.25. The number of nitrogens with zero attached hydrogens (tertiary/aromatic N) is 4. The predicted octanol–water partition coefficient (Wildman–Crippen LogP) is 3.82. The molecule has 4 rings (SSSR count). The molecule has 2 saturated carbocycles. The molecule has 3 N–H and O–H groups in total. The fourth-order valence-electron chi connectivity index (χ4n) is 3.74. The molecule has 9 nitrogen and oxygen atoms in total. The zero-order valence-electron chi connectivity index (χ0n) is 20.7.